The summed E-state index contributed by atoms with van der Waals surface area (Å²) in [5.41, 5.74) is 8.65. The van der Waals surface area contributed by atoms with Crippen molar-refractivity contribution in [1.29, 1.82) is 0 Å². The first-order valence-corrected chi connectivity index (χ1v) is 5.84. The molecule has 1 aromatic carbocycles. The molecule has 0 aliphatic rings. The Morgan fingerprint density at radius 1 is 1.22 bits per heavy atom. The van der Waals surface area contributed by atoms with Crippen LogP contribution in [-0.2, 0) is 4.74 Å². The van der Waals surface area contributed by atoms with E-state index in [-0.39, 0.29) is 0 Å². The summed E-state index contributed by atoms with van der Waals surface area (Å²) in [7, 11) is 1.68. The van der Waals surface area contributed by atoms with Gasteiger partial charge in [-0.05, 0) is 29.8 Å². The van der Waals surface area contributed by atoms with Crippen molar-refractivity contribution in [2.75, 3.05) is 31.3 Å². The van der Waals surface area contributed by atoms with Crippen molar-refractivity contribution in [2.45, 2.75) is 0 Å². The fourth-order valence-electron chi connectivity index (χ4n) is 1.67. The van der Waals surface area contributed by atoms with E-state index >= 15 is 0 Å². The van der Waals surface area contributed by atoms with Crippen LogP contribution in [-0.4, -0.2) is 25.2 Å². The molecule has 4 heteroatoms. The lowest BCUT2D eigenvalue weighted by molar-refractivity contribution is 0.210. The Morgan fingerprint density at radius 3 is 2.78 bits per heavy atom. The third kappa shape index (κ3) is 3.21. The molecule has 0 fully saturated rings. The normalized spacial score (nSPS) is 10.3. The first-order chi connectivity index (χ1) is 8.79. The van der Waals surface area contributed by atoms with Gasteiger partial charge < -0.3 is 15.8 Å². The Morgan fingerprint density at radius 2 is 2.11 bits per heavy atom. The number of methoxy groups -OCH3 is 1. The van der Waals surface area contributed by atoms with Gasteiger partial charge in [0.1, 0.15) is 5.82 Å². The molecule has 2 aromatic rings. The van der Waals surface area contributed by atoms with Gasteiger partial charge in [-0.25, -0.2) is 4.98 Å². The summed E-state index contributed by atoms with van der Waals surface area (Å²) in [6, 6.07) is 11.7. The van der Waals surface area contributed by atoms with Crippen LogP contribution in [0.3, 0.4) is 0 Å². The van der Waals surface area contributed by atoms with Crippen molar-refractivity contribution in [1.82, 2.24) is 4.98 Å². The van der Waals surface area contributed by atoms with Gasteiger partial charge in [0.05, 0.1) is 6.61 Å². The maximum atomic E-state index is 5.76. The Balaban J connectivity index is 2.07. The van der Waals surface area contributed by atoms with Gasteiger partial charge in [0.2, 0.25) is 0 Å². The zero-order valence-electron chi connectivity index (χ0n) is 10.4. The number of nitrogens with two attached hydrogens (primary N) is 1. The molecule has 0 saturated carbocycles. The molecular formula is C14H17N3O. The van der Waals surface area contributed by atoms with Gasteiger partial charge in [0.25, 0.3) is 0 Å². The van der Waals surface area contributed by atoms with Crippen LogP contribution in [0.4, 0.5) is 11.5 Å². The highest BCUT2D eigenvalue weighted by Crippen LogP contribution is 2.21. The van der Waals surface area contributed by atoms with Gasteiger partial charge in [-0.3, -0.25) is 0 Å². The number of nitrogens with zero attached hydrogens (tertiary/aromatic N) is 1. The van der Waals surface area contributed by atoms with E-state index in [1.54, 1.807) is 7.11 Å². The molecule has 0 radical (unpaired) electrons. The molecule has 0 unspecified atom stereocenters. The minimum absolute atomic E-state index is 0.665. The van der Waals surface area contributed by atoms with E-state index in [9.17, 15) is 0 Å². The topological polar surface area (TPSA) is 60.2 Å². The Kier molecular flexibility index (Phi) is 4.15. The molecule has 0 bridgehead atoms. The van der Waals surface area contributed by atoms with Crippen molar-refractivity contribution in [3.8, 4) is 11.1 Å². The molecule has 0 aliphatic carbocycles. The second-order valence-electron chi connectivity index (χ2n) is 3.98. The average Bonchev–Trinajstić information content (AvgIpc) is 2.40. The van der Waals surface area contributed by atoms with Gasteiger partial charge in [-0.2, -0.15) is 0 Å². The zero-order chi connectivity index (χ0) is 12.8. The van der Waals surface area contributed by atoms with E-state index in [1.807, 2.05) is 42.6 Å². The molecule has 0 aliphatic heterocycles. The number of hydrogen-bond donors (Lipinski definition) is 2. The molecule has 4 nitrogen and oxygen atoms in total. The van der Waals surface area contributed by atoms with E-state index in [0.717, 1.165) is 29.2 Å². The molecule has 0 atom stereocenters. The van der Waals surface area contributed by atoms with E-state index in [0.29, 0.717) is 6.61 Å². The average molecular weight is 243 g/mol. The van der Waals surface area contributed by atoms with Crippen LogP contribution in [0.1, 0.15) is 0 Å². The third-order valence-electron chi connectivity index (χ3n) is 2.60. The standard InChI is InChI=1S/C14H17N3O/c1-18-8-7-16-14-6-5-12(10-17-14)11-3-2-4-13(15)9-11/h2-6,9-10H,7-8,15H2,1H3,(H,16,17). The summed E-state index contributed by atoms with van der Waals surface area (Å²) >= 11 is 0. The van der Waals surface area contributed by atoms with Gasteiger partial charge in [-0.1, -0.05) is 12.1 Å². The van der Waals surface area contributed by atoms with Gasteiger partial charge >= 0.3 is 0 Å². The highest BCUT2D eigenvalue weighted by molar-refractivity contribution is 5.67. The lowest BCUT2D eigenvalue weighted by Gasteiger charge is -2.06. The molecule has 0 saturated heterocycles. The maximum Gasteiger partial charge on any atom is 0.125 e. The van der Waals surface area contributed by atoms with E-state index in [1.165, 1.54) is 0 Å². The van der Waals surface area contributed by atoms with Gasteiger partial charge in [-0.15, -0.1) is 0 Å². The quantitative estimate of drug-likeness (QED) is 0.625. The van der Waals surface area contributed by atoms with E-state index in [4.69, 9.17) is 10.5 Å². The molecule has 94 valence electrons. The third-order valence-corrected chi connectivity index (χ3v) is 2.60. The van der Waals surface area contributed by atoms with Crippen LogP contribution in [0.5, 0.6) is 0 Å². The van der Waals surface area contributed by atoms with Gasteiger partial charge in [0.15, 0.2) is 0 Å². The SMILES string of the molecule is COCCNc1ccc(-c2cccc(N)c2)cn1. The second-order valence-corrected chi connectivity index (χ2v) is 3.98. The fraction of sp³-hybridized carbons (Fsp3) is 0.214. The summed E-state index contributed by atoms with van der Waals surface area (Å²) in [5.74, 6) is 0.847. The summed E-state index contributed by atoms with van der Waals surface area (Å²) in [6.07, 6.45) is 1.84. The highest BCUT2D eigenvalue weighted by atomic mass is 16.5. The predicted octanol–water partition coefficient (Wildman–Crippen LogP) is 2.39. The summed E-state index contributed by atoms with van der Waals surface area (Å²) in [4.78, 5) is 4.35. The Bertz CT molecular complexity index is 497. The first kappa shape index (κ1) is 12.4. The smallest absolute Gasteiger partial charge is 0.125 e. The van der Waals surface area contributed by atoms with Crippen LogP contribution in [0.15, 0.2) is 42.6 Å². The molecule has 0 spiro atoms. The maximum absolute atomic E-state index is 5.76. The number of benzene rings is 1. The molecule has 18 heavy (non-hydrogen) atoms. The van der Waals surface area contributed by atoms with Crippen LogP contribution in [0, 0.1) is 0 Å². The molecule has 0 amide bonds. The number of nitrogen functional groups attached to an aromatic ring is 1. The lowest BCUT2D eigenvalue weighted by atomic mass is 10.1. The predicted molar refractivity (Wildman–Crippen MR) is 74.5 cm³/mol. The van der Waals surface area contributed by atoms with Crippen LogP contribution in [0.25, 0.3) is 11.1 Å². The Labute approximate surface area is 107 Å². The number of ether oxygens (including phenoxy) is 1. The number of aromatic nitrogens is 1. The molecule has 1 heterocycles. The minimum atomic E-state index is 0.665. The largest absolute Gasteiger partial charge is 0.399 e. The second kappa shape index (κ2) is 6.02. The van der Waals surface area contributed by atoms with Crippen LogP contribution >= 0.6 is 0 Å². The number of nitrogens with one attached hydrogen (secondary N) is 1. The highest BCUT2D eigenvalue weighted by Gasteiger charge is 1.99. The summed E-state index contributed by atoms with van der Waals surface area (Å²) in [5, 5.41) is 3.17. The summed E-state index contributed by atoms with van der Waals surface area (Å²) < 4.78 is 4.97. The van der Waals surface area contributed by atoms with Crippen molar-refractivity contribution in [2.24, 2.45) is 0 Å². The monoisotopic (exact) mass is 243 g/mol. The molecule has 3 N–H and O–H groups in total. The number of rotatable bonds is 5. The van der Waals surface area contributed by atoms with Crippen molar-refractivity contribution < 1.29 is 4.74 Å². The van der Waals surface area contributed by atoms with Crippen molar-refractivity contribution in [3.63, 3.8) is 0 Å². The zero-order valence-corrected chi connectivity index (χ0v) is 10.4. The fourth-order valence-corrected chi connectivity index (χ4v) is 1.67. The molecule has 1 aromatic heterocycles. The first-order valence-electron chi connectivity index (χ1n) is 5.84. The summed E-state index contributed by atoms with van der Waals surface area (Å²) in [6.45, 7) is 1.42. The minimum Gasteiger partial charge on any atom is -0.399 e. The van der Waals surface area contributed by atoms with E-state index in [2.05, 4.69) is 10.3 Å². The molecular weight excluding hydrogens is 226 g/mol. The van der Waals surface area contributed by atoms with Gasteiger partial charge in [0, 0.05) is 31.1 Å². The Hall–Kier alpha value is -2.07. The lowest BCUT2D eigenvalue weighted by Crippen LogP contribution is -2.08. The van der Waals surface area contributed by atoms with E-state index < -0.39 is 0 Å². The number of hydrogen-bond acceptors (Lipinski definition) is 4. The van der Waals surface area contributed by atoms with Crippen LogP contribution in [0.2, 0.25) is 0 Å². The molecule has 2 rings (SSSR count). The van der Waals surface area contributed by atoms with Crippen molar-refractivity contribution >= 4 is 11.5 Å². The van der Waals surface area contributed by atoms with Crippen LogP contribution < -0.4 is 11.1 Å². The number of anilines is 2. The number of pyridine rings is 1. The van der Waals surface area contributed by atoms with Crippen molar-refractivity contribution in [3.05, 3.63) is 42.6 Å².